The highest BCUT2D eigenvalue weighted by Gasteiger charge is 2.26. The van der Waals surface area contributed by atoms with Gasteiger partial charge in [-0.25, -0.2) is 4.98 Å². The van der Waals surface area contributed by atoms with Crippen LogP contribution in [0.2, 0.25) is 0 Å². The number of nitrogens with two attached hydrogens (primary N) is 2. The van der Waals surface area contributed by atoms with Crippen LogP contribution in [0.25, 0.3) is 11.1 Å². The zero-order valence-corrected chi connectivity index (χ0v) is 18.2. The summed E-state index contributed by atoms with van der Waals surface area (Å²) in [6.07, 6.45) is 6.21. The van der Waals surface area contributed by atoms with Crippen LogP contribution in [0.15, 0.2) is 35.1 Å². The van der Waals surface area contributed by atoms with Gasteiger partial charge in [-0.15, -0.1) is 0 Å². The van der Waals surface area contributed by atoms with Gasteiger partial charge in [-0.05, 0) is 32.3 Å². The third-order valence-electron chi connectivity index (χ3n) is 5.44. The van der Waals surface area contributed by atoms with E-state index in [9.17, 15) is 4.79 Å². The largest absolute Gasteiger partial charge is 0.489 e. The molecule has 31 heavy (non-hydrogen) atoms. The first-order chi connectivity index (χ1) is 14.8. The Balaban J connectivity index is 1.62. The number of hydrogen-bond donors (Lipinski definition) is 2. The molecule has 3 aromatic rings. The van der Waals surface area contributed by atoms with Crippen molar-refractivity contribution in [1.29, 1.82) is 0 Å². The second-order valence-corrected chi connectivity index (χ2v) is 8.64. The molecule has 1 aliphatic heterocycles. The van der Waals surface area contributed by atoms with Crippen molar-refractivity contribution in [1.82, 2.24) is 9.97 Å². The number of Topliss-reactive ketones (excluding diaryl/α,β-unsaturated/α-hetero) is 1. The molecule has 4 heterocycles. The number of furan rings is 1. The number of hydrogen-bond acceptors (Lipinski definition) is 8. The summed E-state index contributed by atoms with van der Waals surface area (Å²) in [5, 5.41) is 0. The van der Waals surface area contributed by atoms with Gasteiger partial charge in [-0.3, -0.25) is 9.78 Å². The molecule has 8 nitrogen and oxygen atoms in total. The number of fused-ring (bicyclic) bond motifs is 1. The summed E-state index contributed by atoms with van der Waals surface area (Å²) >= 11 is 0. The van der Waals surface area contributed by atoms with E-state index in [0.717, 1.165) is 30.8 Å². The van der Waals surface area contributed by atoms with Crippen molar-refractivity contribution in [2.75, 3.05) is 23.7 Å². The van der Waals surface area contributed by atoms with Crippen LogP contribution < -0.4 is 21.1 Å². The maximum absolute atomic E-state index is 13.3. The van der Waals surface area contributed by atoms with Gasteiger partial charge in [-0.1, -0.05) is 6.92 Å². The Morgan fingerprint density at radius 3 is 2.90 bits per heavy atom. The second kappa shape index (κ2) is 8.55. The molecule has 0 spiro atoms. The van der Waals surface area contributed by atoms with Crippen molar-refractivity contribution in [3.05, 3.63) is 41.9 Å². The van der Waals surface area contributed by atoms with E-state index in [4.69, 9.17) is 20.6 Å². The van der Waals surface area contributed by atoms with E-state index in [2.05, 4.69) is 21.8 Å². The molecule has 0 unspecified atom stereocenters. The fourth-order valence-electron chi connectivity index (χ4n) is 4.31. The molecule has 4 N–H and O–H groups in total. The molecule has 0 bridgehead atoms. The fourth-order valence-corrected chi connectivity index (χ4v) is 4.31. The summed E-state index contributed by atoms with van der Waals surface area (Å²) in [7, 11) is 0. The normalized spacial score (nSPS) is 19.2. The molecule has 0 aliphatic carbocycles. The minimum Gasteiger partial charge on any atom is -0.489 e. The summed E-state index contributed by atoms with van der Waals surface area (Å²) in [6, 6.07) is 3.76. The summed E-state index contributed by atoms with van der Waals surface area (Å²) < 4.78 is 11.3. The monoisotopic (exact) mass is 423 g/mol. The van der Waals surface area contributed by atoms with Crippen molar-refractivity contribution in [3.63, 3.8) is 0 Å². The Morgan fingerprint density at radius 1 is 1.35 bits per heavy atom. The summed E-state index contributed by atoms with van der Waals surface area (Å²) in [6.45, 7) is 7.70. The van der Waals surface area contributed by atoms with Crippen molar-refractivity contribution in [2.45, 2.75) is 45.8 Å². The van der Waals surface area contributed by atoms with Gasteiger partial charge >= 0.3 is 0 Å². The third-order valence-corrected chi connectivity index (χ3v) is 5.44. The van der Waals surface area contributed by atoms with E-state index in [1.165, 1.54) is 0 Å². The lowest BCUT2D eigenvalue weighted by atomic mass is 9.95. The van der Waals surface area contributed by atoms with Gasteiger partial charge < -0.3 is 25.5 Å². The molecule has 0 amide bonds. The first-order valence-electron chi connectivity index (χ1n) is 10.6. The molecule has 8 heteroatoms. The number of pyridine rings is 2. The Labute approximate surface area is 181 Å². The molecule has 1 aliphatic rings. The van der Waals surface area contributed by atoms with Gasteiger partial charge in [0.05, 0.1) is 12.3 Å². The Bertz CT molecular complexity index is 1080. The standard InChI is InChI=1S/C23H29N5O3/c1-13(2)30-17-8-20-22(27-10-17)21(23(25)31-20)19(29)7-15-9-26-5-4-18(15)28-11-14(3)6-16(24)12-28/h4-5,8-10,13-14,16H,6-7,11-12,24-25H2,1-3H3/t14-,16+/m1/s1. The van der Waals surface area contributed by atoms with Crippen molar-refractivity contribution < 1.29 is 13.9 Å². The number of ketones is 1. The van der Waals surface area contributed by atoms with Crippen LogP contribution in [0.1, 0.15) is 43.1 Å². The molecule has 0 aromatic carbocycles. The SMILES string of the molecule is CC(C)Oc1cnc2c(C(=O)Cc3cnccc3N3C[C@H](C)C[C@H](N)C3)c(N)oc2c1. The lowest BCUT2D eigenvalue weighted by Crippen LogP contribution is -2.46. The van der Waals surface area contributed by atoms with E-state index >= 15 is 0 Å². The van der Waals surface area contributed by atoms with E-state index < -0.39 is 0 Å². The minimum absolute atomic E-state index is 0.00212. The first kappa shape index (κ1) is 21.1. The molecule has 4 rings (SSSR count). The minimum atomic E-state index is -0.162. The number of nitrogens with zero attached hydrogens (tertiary/aromatic N) is 3. The molecule has 1 fully saturated rings. The number of nitrogen functional groups attached to an aromatic ring is 1. The van der Waals surface area contributed by atoms with Gasteiger partial charge in [0.2, 0.25) is 5.88 Å². The van der Waals surface area contributed by atoms with Crippen LogP contribution in [0, 0.1) is 5.92 Å². The number of rotatable bonds is 6. The molecule has 2 atom stereocenters. The van der Waals surface area contributed by atoms with Crippen LogP contribution in [-0.2, 0) is 6.42 Å². The van der Waals surface area contributed by atoms with Gasteiger partial charge in [0, 0.05) is 55.3 Å². The lowest BCUT2D eigenvalue weighted by Gasteiger charge is -2.37. The van der Waals surface area contributed by atoms with Gasteiger partial charge in [0.15, 0.2) is 11.4 Å². The number of carbonyl (C=O) groups is 1. The fraction of sp³-hybridized carbons (Fsp3) is 0.435. The molecule has 0 saturated carbocycles. The van der Waals surface area contributed by atoms with Gasteiger partial charge in [0.25, 0.3) is 0 Å². The Kier molecular flexibility index (Phi) is 5.82. The summed E-state index contributed by atoms with van der Waals surface area (Å²) in [5.41, 5.74) is 15.3. The van der Waals surface area contributed by atoms with E-state index in [1.54, 1.807) is 24.7 Å². The maximum Gasteiger partial charge on any atom is 0.204 e. The molecule has 0 radical (unpaired) electrons. The van der Waals surface area contributed by atoms with E-state index in [0.29, 0.717) is 28.3 Å². The number of aromatic nitrogens is 2. The summed E-state index contributed by atoms with van der Waals surface area (Å²) in [5.74, 6) is 0.957. The molecular weight excluding hydrogens is 394 g/mol. The highest BCUT2D eigenvalue weighted by molar-refractivity contribution is 6.11. The quantitative estimate of drug-likeness (QED) is 0.580. The highest BCUT2D eigenvalue weighted by atomic mass is 16.5. The highest BCUT2D eigenvalue weighted by Crippen LogP contribution is 2.32. The summed E-state index contributed by atoms with van der Waals surface area (Å²) in [4.78, 5) is 24.1. The average molecular weight is 424 g/mol. The number of piperidine rings is 1. The predicted molar refractivity (Wildman–Crippen MR) is 120 cm³/mol. The van der Waals surface area contributed by atoms with E-state index in [-0.39, 0.29) is 30.2 Å². The van der Waals surface area contributed by atoms with Gasteiger partial charge in [0.1, 0.15) is 16.8 Å². The number of anilines is 2. The van der Waals surface area contributed by atoms with Crippen molar-refractivity contribution >= 4 is 28.5 Å². The average Bonchev–Trinajstić information content (AvgIpc) is 3.02. The lowest BCUT2D eigenvalue weighted by molar-refractivity contribution is 0.0994. The van der Waals surface area contributed by atoms with Crippen molar-refractivity contribution in [2.24, 2.45) is 11.7 Å². The van der Waals surface area contributed by atoms with Crippen LogP contribution in [0.3, 0.4) is 0 Å². The zero-order valence-electron chi connectivity index (χ0n) is 18.2. The van der Waals surface area contributed by atoms with Crippen LogP contribution in [-0.4, -0.2) is 41.0 Å². The van der Waals surface area contributed by atoms with Crippen LogP contribution in [0.4, 0.5) is 11.6 Å². The zero-order chi connectivity index (χ0) is 22.1. The topological polar surface area (TPSA) is 120 Å². The Hall–Kier alpha value is -3.13. The molecule has 1 saturated heterocycles. The second-order valence-electron chi connectivity index (χ2n) is 8.64. The van der Waals surface area contributed by atoms with Crippen molar-refractivity contribution in [3.8, 4) is 5.75 Å². The number of carbonyl (C=O) groups excluding carboxylic acids is 1. The van der Waals surface area contributed by atoms with E-state index in [1.807, 2.05) is 19.9 Å². The maximum atomic E-state index is 13.3. The molecular formula is C23H29N5O3. The smallest absolute Gasteiger partial charge is 0.204 e. The van der Waals surface area contributed by atoms with Crippen LogP contribution >= 0.6 is 0 Å². The third kappa shape index (κ3) is 4.49. The molecule has 164 valence electrons. The first-order valence-corrected chi connectivity index (χ1v) is 10.6. The molecule has 3 aromatic heterocycles. The van der Waals surface area contributed by atoms with Gasteiger partial charge in [-0.2, -0.15) is 0 Å². The predicted octanol–water partition coefficient (Wildman–Crippen LogP) is 3.19. The van der Waals surface area contributed by atoms with Crippen LogP contribution in [0.5, 0.6) is 5.75 Å². The number of ether oxygens (including phenoxy) is 1. The Morgan fingerprint density at radius 2 is 2.16 bits per heavy atom.